The third kappa shape index (κ3) is 4.35. The van der Waals surface area contributed by atoms with E-state index in [1.54, 1.807) is 36.4 Å². The van der Waals surface area contributed by atoms with E-state index in [0.717, 1.165) is 25.9 Å². The number of carbonyl (C=O) groups is 2. The van der Waals surface area contributed by atoms with Crippen LogP contribution in [0.15, 0.2) is 42.5 Å². The van der Waals surface area contributed by atoms with E-state index in [-0.39, 0.29) is 11.5 Å². The molecule has 26 heavy (non-hydrogen) atoms. The summed E-state index contributed by atoms with van der Waals surface area (Å²) in [5, 5.41) is 12.8. The van der Waals surface area contributed by atoms with Crippen LogP contribution in [0.5, 0.6) is 0 Å². The lowest BCUT2D eigenvalue weighted by Crippen LogP contribution is -2.26. The first-order chi connectivity index (χ1) is 12.5. The lowest BCUT2D eigenvalue weighted by molar-refractivity contribution is 0.0697. The average Bonchev–Trinajstić information content (AvgIpc) is 2.91. The number of hydrogen-bond donors (Lipinski definition) is 2. The molecule has 0 bridgehead atoms. The molecule has 1 aliphatic heterocycles. The maximum Gasteiger partial charge on any atom is 0.337 e. The first-order valence-electron chi connectivity index (χ1n) is 8.74. The number of halogens is 1. The Kier molecular flexibility index (Phi) is 5.78. The van der Waals surface area contributed by atoms with Gasteiger partial charge in [0.15, 0.2) is 0 Å². The van der Waals surface area contributed by atoms with Crippen molar-refractivity contribution in [1.82, 2.24) is 0 Å². The maximum atomic E-state index is 12.4. The summed E-state index contributed by atoms with van der Waals surface area (Å²) in [4.78, 5) is 26.2. The normalized spacial score (nSPS) is 14.6. The van der Waals surface area contributed by atoms with Gasteiger partial charge in [-0.05, 0) is 49.2 Å². The number of nitrogens with zero attached hydrogens (tertiary/aromatic N) is 1. The SMILES string of the molecule is O=C(Nc1ccc(N2CCCCCC2)c(C(=O)O)c1)c1cccc(Cl)c1. The van der Waals surface area contributed by atoms with Gasteiger partial charge in [0.05, 0.1) is 11.3 Å². The Morgan fingerprint density at radius 1 is 1.00 bits per heavy atom. The molecule has 3 rings (SSSR count). The van der Waals surface area contributed by atoms with E-state index in [0.29, 0.717) is 22.0 Å². The van der Waals surface area contributed by atoms with E-state index in [1.807, 2.05) is 0 Å². The summed E-state index contributed by atoms with van der Waals surface area (Å²) in [5.41, 5.74) is 1.79. The predicted molar refractivity (Wildman–Crippen MR) is 103 cm³/mol. The molecule has 1 amide bonds. The second-order valence-electron chi connectivity index (χ2n) is 6.40. The fraction of sp³-hybridized carbons (Fsp3) is 0.300. The van der Waals surface area contributed by atoms with Crippen LogP contribution in [0.3, 0.4) is 0 Å². The van der Waals surface area contributed by atoms with Gasteiger partial charge in [0, 0.05) is 29.4 Å². The van der Waals surface area contributed by atoms with E-state index < -0.39 is 5.97 Å². The maximum absolute atomic E-state index is 12.4. The van der Waals surface area contributed by atoms with Crippen LogP contribution in [0, 0.1) is 0 Å². The van der Waals surface area contributed by atoms with Crippen molar-refractivity contribution in [3.8, 4) is 0 Å². The lowest BCUT2D eigenvalue weighted by atomic mass is 10.1. The van der Waals surface area contributed by atoms with Crippen molar-refractivity contribution in [3.05, 3.63) is 58.6 Å². The Morgan fingerprint density at radius 3 is 2.38 bits per heavy atom. The molecule has 5 nitrogen and oxygen atoms in total. The molecule has 0 aromatic heterocycles. The van der Waals surface area contributed by atoms with Crippen molar-refractivity contribution in [2.24, 2.45) is 0 Å². The minimum Gasteiger partial charge on any atom is -0.478 e. The lowest BCUT2D eigenvalue weighted by Gasteiger charge is -2.24. The molecule has 2 N–H and O–H groups in total. The summed E-state index contributed by atoms with van der Waals surface area (Å²) < 4.78 is 0. The quantitative estimate of drug-likeness (QED) is 0.818. The number of anilines is 2. The molecule has 136 valence electrons. The van der Waals surface area contributed by atoms with Gasteiger partial charge in [-0.2, -0.15) is 0 Å². The van der Waals surface area contributed by atoms with Crippen molar-refractivity contribution in [1.29, 1.82) is 0 Å². The van der Waals surface area contributed by atoms with Gasteiger partial charge in [-0.1, -0.05) is 30.5 Å². The van der Waals surface area contributed by atoms with Gasteiger partial charge in [0.25, 0.3) is 5.91 Å². The minimum atomic E-state index is -0.997. The Labute approximate surface area is 157 Å². The first-order valence-corrected chi connectivity index (χ1v) is 9.11. The largest absolute Gasteiger partial charge is 0.478 e. The number of carboxylic acid groups (broad SMARTS) is 1. The molecule has 0 saturated carbocycles. The molecule has 1 saturated heterocycles. The molecule has 1 fully saturated rings. The monoisotopic (exact) mass is 372 g/mol. The Hall–Kier alpha value is -2.53. The molecule has 1 aliphatic rings. The van der Waals surface area contributed by atoms with Gasteiger partial charge >= 0.3 is 5.97 Å². The highest BCUT2D eigenvalue weighted by atomic mass is 35.5. The van der Waals surface area contributed by atoms with Gasteiger partial charge in [-0.15, -0.1) is 0 Å². The van der Waals surface area contributed by atoms with Crippen LogP contribution in [0.25, 0.3) is 0 Å². The number of aromatic carboxylic acids is 1. The number of carboxylic acids is 1. The van der Waals surface area contributed by atoms with Crippen LogP contribution in [0.4, 0.5) is 11.4 Å². The van der Waals surface area contributed by atoms with Crippen molar-refractivity contribution >= 4 is 34.9 Å². The standard InChI is InChI=1S/C20H21ClN2O3/c21-15-7-5-6-14(12-15)19(24)22-16-8-9-18(17(13-16)20(25)26)23-10-3-1-2-4-11-23/h5-9,12-13H,1-4,10-11H2,(H,22,24)(H,25,26). The zero-order chi connectivity index (χ0) is 18.5. The summed E-state index contributed by atoms with van der Waals surface area (Å²) >= 11 is 5.92. The van der Waals surface area contributed by atoms with Crippen LogP contribution in [-0.4, -0.2) is 30.1 Å². The fourth-order valence-corrected chi connectivity index (χ4v) is 3.40. The number of nitrogens with one attached hydrogen (secondary N) is 1. The molecule has 0 radical (unpaired) electrons. The van der Waals surface area contributed by atoms with Crippen molar-refractivity contribution < 1.29 is 14.7 Å². The van der Waals surface area contributed by atoms with Crippen molar-refractivity contribution in [2.45, 2.75) is 25.7 Å². The highest BCUT2D eigenvalue weighted by Crippen LogP contribution is 2.27. The van der Waals surface area contributed by atoms with E-state index in [9.17, 15) is 14.7 Å². The zero-order valence-corrected chi connectivity index (χ0v) is 15.1. The molecule has 1 heterocycles. The summed E-state index contributed by atoms with van der Waals surface area (Å²) in [7, 11) is 0. The second kappa shape index (κ2) is 8.23. The van der Waals surface area contributed by atoms with E-state index >= 15 is 0 Å². The highest BCUT2D eigenvalue weighted by molar-refractivity contribution is 6.31. The summed E-state index contributed by atoms with van der Waals surface area (Å²) in [6.07, 6.45) is 4.47. The van der Waals surface area contributed by atoms with Gasteiger partial charge in [-0.25, -0.2) is 4.79 Å². The van der Waals surface area contributed by atoms with E-state index in [1.165, 1.54) is 18.9 Å². The minimum absolute atomic E-state index is 0.204. The topological polar surface area (TPSA) is 69.6 Å². The van der Waals surface area contributed by atoms with Gasteiger partial charge < -0.3 is 15.3 Å². The smallest absolute Gasteiger partial charge is 0.337 e. The van der Waals surface area contributed by atoms with Crippen LogP contribution in [-0.2, 0) is 0 Å². The Balaban J connectivity index is 1.84. The van der Waals surface area contributed by atoms with E-state index in [4.69, 9.17) is 11.6 Å². The molecule has 2 aromatic rings. The predicted octanol–water partition coefficient (Wildman–Crippen LogP) is 4.67. The van der Waals surface area contributed by atoms with Crippen molar-refractivity contribution in [2.75, 3.05) is 23.3 Å². The number of hydrogen-bond acceptors (Lipinski definition) is 3. The third-order valence-electron chi connectivity index (χ3n) is 4.52. The molecule has 0 aliphatic carbocycles. The summed E-state index contributed by atoms with van der Waals surface area (Å²) in [6, 6.07) is 11.7. The second-order valence-corrected chi connectivity index (χ2v) is 6.84. The Bertz CT molecular complexity index is 814. The average molecular weight is 373 g/mol. The molecule has 0 atom stereocenters. The number of benzene rings is 2. The summed E-state index contributed by atoms with van der Waals surface area (Å²) in [6.45, 7) is 1.71. The summed E-state index contributed by atoms with van der Waals surface area (Å²) in [5.74, 6) is -1.32. The number of carbonyl (C=O) groups excluding carboxylic acids is 1. The zero-order valence-electron chi connectivity index (χ0n) is 14.4. The highest BCUT2D eigenvalue weighted by Gasteiger charge is 2.18. The number of rotatable bonds is 4. The first kappa shape index (κ1) is 18.3. The van der Waals surface area contributed by atoms with Gasteiger partial charge in [0.1, 0.15) is 0 Å². The van der Waals surface area contributed by atoms with Crippen LogP contribution in [0.2, 0.25) is 5.02 Å². The van der Waals surface area contributed by atoms with E-state index in [2.05, 4.69) is 10.2 Å². The fourth-order valence-electron chi connectivity index (χ4n) is 3.21. The molecule has 2 aromatic carbocycles. The van der Waals surface area contributed by atoms with Crippen LogP contribution < -0.4 is 10.2 Å². The Morgan fingerprint density at radius 2 is 1.73 bits per heavy atom. The molecule has 0 unspecified atom stereocenters. The molecular weight excluding hydrogens is 352 g/mol. The molecular formula is C20H21ClN2O3. The van der Waals surface area contributed by atoms with Crippen LogP contribution in [0.1, 0.15) is 46.4 Å². The van der Waals surface area contributed by atoms with Crippen molar-refractivity contribution in [3.63, 3.8) is 0 Å². The third-order valence-corrected chi connectivity index (χ3v) is 4.75. The number of amides is 1. The molecule has 0 spiro atoms. The van der Waals surface area contributed by atoms with Crippen LogP contribution >= 0.6 is 11.6 Å². The van der Waals surface area contributed by atoms with Gasteiger partial charge in [-0.3, -0.25) is 4.79 Å². The molecule has 6 heteroatoms. The van der Waals surface area contributed by atoms with Gasteiger partial charge in [0.2, 0.25) is 0 Å².